The molecule has 6 heteroatoms. The van der Waals surface area contributed by atoms with E-state index in [9.17, 15) is 9.90 Å². The van der Waals surface area contributed by atoms with Crippen LogP contribution in [0.3, 0.4) is 0 Å². The zero-order chi connectivity index (χ0) is 14.8. The summed E-state index contributed by atoms with van der Waals surface area (Å²) in [5.41, 5.74) is 3.41. The normalized spacial score (nSPS) is 10.5. The van der Waals surface area contributed by atoms with Crippen LogP contribution in [0.1, 0.15) is 15.9 Å². The molecule has 0 atom stereocenters. The molecule has 1 aromatic heterocycles. The van der Waals surface area contributed by atoms with Gasteiger partial charge in [0.05, 0.1) is 5.56 Å². The maximum Gasteiger partial charge on any atom is 0.336 e. The van der Waals surface area contributed by atoms with Crippen LogP contribution < -0.4 is 0 Å². The lowest BCUT2D eigenvalue weighted by atomic mass is 9.94. The minimum absolute atomic E-state index is 0.148. The summed E-state index contributed by atoms with van der Waals surface area (Å²) in [7, 11) is 0. The highest BCUT2D eigenvalue weighted by Crippen LogP contribution is 2.32. The fraction of sp³-hybridized carbons (Fsp3) is 0.0667. The second-order valence-electron chi connectivity index (χ2n) is 4.63. The van der Waals surface area contributed by atoms with Crippen molar-refractivity contribution in [2.75, 3.05) is 0 Å². The van der Waals surface area contributed by atoms with Gasteiger partial charge in [-0.3, -0.25) is 0 Å². The van der Waals surface area contributed by atoms with E-state index in [1.807, 2.05) is 37.3 Å². The van der Waals surface area contributed by atoms with E-state index < -0.39 is 5.97 Å². The molecular weight excluding hydrogens is 268 g/mol. The van der Waals surface area contributed by atoms with E-state index in [1.165, 1.54) is 6.07 Å². The number of carboxylic acid groups (broad SMARTS) is 1. The summed E-state index contributed by atoms with van der Waals surface area (Å²) >= 11 is 0. The number of aromatic carboxylic acids is 1. The molecule has 0 fully saturated rings. The van der Waals surface area contributed by atoms with E-state index in [0.29, 0.717) is 5.56 Å². The molecule has 0 saturated heterocycles. The molecule has 21 heavy (non-hydrogen) atoms. The summed E-state index contributed by atoms with van der Waals surface area (Å²) in [5, 5.41) is 23.1. The molecule has 1 heterocycles. The van der Waals surface area contributed by atoms with Crippen molar-refractivity contribution >= 4 is 5.97 Å². The highest BCUT2D eigenvalue weighted by Gasteiger charge is 2.19. The Morgan fingerprint density at radius 2 is 1.90 bits per heavy atom. The molecule has 2 N–H and O–H groups in total. The third kappa shape index (κ3) is 2.38. The van der Waals surface area contributed by atoms with Gasteiger partial charge in [-0.1, -0.05) is 42.0 Å². The highest BCUT2D eigenvalue weighted by molar-refractivity contribution is 5.99. The van der Waals surface area contributed by atoms with E-state index in [1.54, 1.807) is 6.07 Å². The topological polar surface area (TPSA) is 91.8 Å². The number of rotatable bonds is 3. The number of aryl methyl sites for hydroxylation is 1. The van der Waals surface area contributed by atoms with Crippen molar-refractivity contribution in [3.8, 4) is 22.5 Å². The number of benzene rings is 2. The zero-order valence-electron chi connectivity index (χ0n) is 11.2. The predicted octanol–water partition coefficient (Wildman–Crippen LogP) is 2.54. The largest absolute Gasteiger partial charge is 0.478 e. The molecule has 3 rings (SSSR count). The minimum Gasteiger partial charge on any atom is -0.478 e. The van der Waals surface area contributed by atoms with Gasteiger partial charge < -0.3 is 5.11 Å². The molecule has 2 aromatic carbocycles. The Kier molecular flexibility index (Phi) is 3.19. The standard InChI is InChI=1S/C15H12N4O2/c1-9-5-7-10(8-6-9)11-3-2-4-12(15(20)21)13(11)14-16-18-19-17-14/h2-8H,1H3,(H,20,21)(H,16,17,18,19). The molecule has 3 aromatic rings. The van der Waals surface area contributed by atoms with E-state index in [0.717, 1.165) is 16.7 Å². The van der Waals surface area contributed by atoms with Gasteiger partial charge >= 0.3 is 5.97 Å². The van der Waals surface area contributed by atoms with Crippen LogP contribution in [-0.2, 0) is 0 Å². The van der Waals surface area contributed by atoms with Gasteiger partial charge in [0.2, 0.25) is 5.82 Å². The van der Waals surface area contributed by atoms with Crippen molar-refractivity contribution in [1.29, 1.82) is 0 Å². The second kappa shape index (κ2) is 5.16. The Bertz CT molecular complexity index is 780. The van der Waals surface area contributed by atoms with Gasteiger partial charge in [-0.15, -0.1) is 10.2 Å². The minimum atomic E-state index is -1.02. The van der Waals surface area contributed by atoms with Crippen LogP contribution in [0.15, 0.2) is 42.5 Å². The van der Waals surface area contributed by atoms with E-state index in [2.05, 4.69) is 20.6 Å². The van der Waals surface area contributed by atoms with Crippen molar-refractivity contribution in [3.05, 3.63) is 53.6 Å². The van der Waals surface area contributed by atoms with Crippen molar-refractivity contribution in [2.45, 2.75) is 6.92 Å². The number of carbonyl (C=O) groups is 1. The van der Waals surface area contributed by atoms with Gasteiger partial charge in [0.15, 0.2) is 0 Å². The summed E-state index contributed by atoms with van der Waals surface area (Å²) in [6, 6.07) is 12.9. The number of hydrogen-bond acceptors (Lipinski definition) is 4. The molecule has 104 valence electrons. The van der Waals surface area contributed by atoms with Gasteiger partial charge in [-0.25, -0.2) is 4.79 Å². The summed E-state index contributed by atoms with van der Waals surface area (Å²) < 4.78 is 0. The molecule has 0 aliphatic heterocycles. The van der Waals surface area contributed by atoms with Gasteiger partial charge in [0, 0.05) is 5.56 Å². The van der Waals surface area contributed by atoms with Gasteiger partial charge in [0.1, 0.15) is 0 Å². The first-order chi connectivity index (χ1) is 10.2. The molecule has 0 spiro atoms. The highest BCUT2D eigenvalue weighted by atomic mass is 16.4. The lowest BCUT2D eigenvalue weighted by Crippen LogP contribution is -2.02. The average molecular weight is 280 g/mol. The molecule has 0 unspecified atom stereocenters. The lowest BCUT2D eigenvalue weighted by molar-refractivity contribution is 0.0697. The molecular formula is C15H12N4O2. The average Bonchev–Trinajstić information content (AvgIpc) is 3.01. The Balaban J connectivity index is 2.28. The van der Waals surface area contributed by atoms with E-state index >= 15 is 0 Å². The van der Waals surface area contributed by atoms with Crippen molar-refractivity contribution in [2.24, 2.45) is 0 Å². The molecule has 0 bridgehead atoms. The van der Waals surface area contributed by atoms with Gasteiger partial charge in [0.25, 0.3) is 0 Å². The molecule has 6 nitrogen and oxygen atoms in total. The predicted molar refractivity (Wildman–Crippen MR) is 76.7 cm³/mol. The van der Waals surface area contributed by atoms with Crippen LogP contribution in [0.2, 0.25) is 0 Å². The van der Waals surface area contributed by atoms with Crippen LogP contribution in [0, 0.1) is 6.92 Å². The first-order valence-corrected chi connectivity index (χ1v) is 6.34. The van der Waals surface area contributed by atoms with Crippen LogP contribution >= 0.6 is 0 Å². The molecule has 0 amide bonds. The first kappa shape index (κ1) is 13.0. The van der Waals surface area contributed by atoms with Crippen molar-refractivity contribution in [1.82, 2.24) is 20.6 Å². The number of nitrogens with one attached hydrogen (secondary N) is 1. The monoisotopic (exact) mass is 280 g/mol. The Hall–Kier alpha value is -3.02. The molecule has 0 radical (unpaired) electrons. The van der Waals surface area contributed by atoms with Crippen LogP contribution in [0.25, 0.3) is 22.5 Å². The fourth-order valence-corrected chi connectivity index (χ4v) is 2.21. The third-order valence-corrected chi connectivity index (χ3v) is 3.23. The Morgan fingerprint density at radius 3 is 2.52 bits per heavy atom. The summed E-state index contributed by atoms with van der Waals surface area (Å²) in [6.45, 7) is 2.00. The second-order valence-corrected chi connectivity index (χ2v) is 4.63. The van der Waals surface area contributed by atoms with Crippen LogP contribution in [-0.4, -0.2) is 31.7 Å². The Labute approximate surface area is 120 Å². The van der Waals surface area contributed by atoms with Crippen LogP contribution in [0.4, 0.5) is 0 Å². The summed E-state index contributed by atoms with van der Waals surface area (Å²) in [6.07, 6.45) is 0. The first-order valence-electron chi connectivity index (χ1n) is 6.34. The Morgan fingerprint density at radius 1 is 1.14 bits per heavy atom. The van der Waals surface area contributed by atoms with Crippen molar-refractivity contribution in [3.63, 3.8) is 0 Å². The maximum atomic E-state index is 11.5. The maximum absolute atomic E-state index is 11.5. The molecule has 0 aliphatic carbocycles. The summed E-state index contributed by atoms with van der Waals surface area (Å²) in [5.74, 6) is -0.757. The van der Waals surface area contributed by atoms with Crippen molar-refractivity contribution < 1.29 is 9.90 Å². The lowest BCUT2D eigenvalue weighted by Gasteiger charge is -2.10. The van der Waals surface area contributed by atoms with E-state index in [4.69, 9.17) is 0 Å². The number of carboxylic acids is 1. The quantitative estimate of drug-likeness (QED) is 0.769. The SMILES string of the molecule is Cc1ccc(-c2cccc(C(=O)O)c2-c2nn[nH]n2)cc1. The molecule has 0 saturated carbocycles. The number of nitrogens with zero attached hydrogens (tertiary/aromatic N) is 3. The third-order valence-electron chi connectivity index (χ3n) is 3.23. The zero-order valence-corrected chi connectivity index (χ0v) is 11.2. The van der Waals surface area contributed by atoms with Crippen LogP contribution in [0.5, 0.6) is 0 Å². The van der Waals surface area contributed by atoms with Gasteiger partial charge in [-0.05, 0) is 29.3 Å². The number of hydrogen-bond donors (Lipinski definition) is 2. The summed E-state index contributed by atoms with van der Waals surface area (Å²) in [4.78, 5) is 11.5. The molecule has 0 aliphatic rings. The number of tetrazole rings is 1. The number of aromatic nitrogens is 4. The van der Waals surface area contributed by atoms with Gasteiger partial charge in [-0.2, -0.15) is 5.21 Å². The smallest absolute Gasteiger partial charge is 0.336 e. The number of H-pyrrole nitrogens is 1. The number of aromatic amines is 1. The fourth-order valence-electron chi connectivity index (χ4n) is 2.21. The van der Waals surface area contributed by atoms with E-state index in [-0.39, 0.29) is 11.4 Å².